The van der Waals surface area contributed by atoms with Crippen molar-refractivity contribution in [3.05, 3.63) is 30.1 Å². The van der Waals surface area contributed by atoms with Gasteiger partial charge >= 0.3 is 0 Å². The molecule has 0 bridgehead atoms. The smallest absolute Gasteiger partial charge is 0.230 e. The van der Waals surface area contributed by atoms with E-state index in [1.165, 1.54) is 30.7 Å². The Kier molecular flexibility index (Phi) is 5.50. The molecule has 1 aliphatic rings. The number of H-pyrrole nitrogens is 1. The summed E-state index contributed by atoms with van der Waals surface area (Å²) in [5.74, 6) is 1.04. The van der Waals surface area contributed by atoms with Gasteiger partial charge in [-0.15, -0.1) is 5.10 Å². The van der Waals surface area contributed by atoms with Gasteiger partial charge in [-0.25, -0.2) is 9.37 Å². The van der Waals surface area contributed by atoms with Crippen molar-refractivity contribution < 1.29 is 9.18 Å². The fraction of sp³-hybridized carbons (Fsp3) is 0.471. The summed E-state index contributed by atoms with van der Waals surface area (Å²) in [6, 6.07) is 6.67. The molecule has 128 valence electrons. The van der Waals surface area contributed by atoms with Crippen molar-refractivity contribution >= 4 is 17.7 Å². The van der Waals surface area contributed by atoms with Crippen LogP contribution < -0.4 is 5.32 Å². The number of nitrogens with one attached hydrogen (secondary N) is 2. The van der Waals surface area contributed by atoms with E-state index in [1.807, 2.05) is 0 Å². The second kappa shape index (κ2) is 7.79. The Labute approximate surface area is 144 Å². The molecule has 1 aromatic heterocycles. The lowest BCUT2D eigenvalue weighted by Crippen LogP contribution is -2.38. The van der Waals surface area contributed by atoms with Gasteiger partial charge in [-0.2, -0.15) is 0 Å². The van der Waals surface area contributed by atoms with Crippen molar-refractivity contribution in [3.8, 4) is 11.4 Å². The maximum absolute atomic E-state index is 13.7. The van der Waals surface area contributed by atoms with Crippen LogP contribution in [-0.4, -0.2) is 32.9 Å². The van der Waals surface area contributed by atoms with Crippen LogP contribution in [0.15, 0.2) is 29.4 Å². The van der Waals surface area contributed by atoms with Gasteiger partial charge in [0, 0.05) is 6.04 Å². The molecule has 0 unspecified atom stereocenters. The molecule has 0 aliphatic heterocycles. The molecular weight excluding hydrogens is 327 g/mol. The molecule has 3 rings (SSSR count). The molecule has 7 heteroatoms. The highest BCUT2D eigenvalue weighted by molar-refractivity contribution is 7.99. The fourth-order valence-corrected chi connectivity index (χ4v) is 3.50. The number of halogens is 1. The molecule has 2 aromatic rings. The molecule has 24 heavy (non-hydrogen) atoms. The molecule has 1 saturated carbocycles. The third-order valence-corrected chi connectivity index (χ3v) is 5.15. The number of rotatable bonds is 5. The van der Waals surface area contributed by atoms with Crippen LogP contribution in [0.4, 0.5) is 4.39 Å². The molecule has 5 nitrogen and oxygen atoms in total. The van der Waals surface area contributed by atoms with Crippen molar-refractivity contribution in [1.82, 2.24) is 20.5 Å². The highest BCUT2D eigenvalue weighted by Gasteiger charge is 2.20. The third-order valence-electron chi connectivity index (χ3n) is 4.31. The van der Waals surface area contributed by atoms with E-state index in [1.54, 1.807) is 18.2 Å². The first-order chi connectivity index (χ1) is 11.6. The lowest BCUT2D eigenvalue weighted by molar-refractivity contribution is -0.119. The Morgan fingerprint density at radius 3 is 2.83 bits per heavy atom. The number of aromatic nitrogens is 3. The fourth-order valence-electron chi connectivity index (χ4n) is 2.89. The average molecular weight is 348 g/mol. The van der Waals surface area contributed by atoms with E-state index >= 15 is 0 Å². The number of carbonyl (C=O) groups excluding carboxylic acids is 1. The van der Waals surface area contributed by atoms with Gasteiger partial charge in [-0.1, -0.05) is 30.8 Å². The Morgan fingerprint density at radius 2 is 2.08 bits per heavy atom. The highest BCUT2D eigenvalue weighted by Crippen LogP contribution is 2.24. The first kappa shape index (κ1) is 17.0. The van der Waals surface area contributed by atoms with Gasteiger partial charge in [-0.05, 0) is 43.7 Å². The van der Waals surface area contributed by atoms with Crippen molar-refractivity contribution in [2.75, 3.05) is 5.75 Å². The van der Waals surface area contributed by atoms with Crippen LogP contribution in [0.5, 0.6) is 0 Å². The standard InChI is InChI=1S/C17H21FN4OS/c1-11-6-8-12(9-7-11)19-15(23)10-24-17-20-16(21-22-17)13-4-2-3-5-14(13)18/h2-5,11-12H,6-10H2,1H3,(H,19,23)(H,20,21,22). The zero-order valence-electron chi connectivity index (χ0n) is 13.6. The van der Waals surface area contributed by atoms with Gasteiger partial charge in [0.15, 0.2) is 5.82 Å². The number of carbonyl (C=O) groups is 1. The molecule has 0 saturated heterocycles. The van der Waals surface area contributed by atoms with E-state index in [9.17, 15) is 9.18 Å². The lowest BCUT2D eigenvalue weighted by atomic mass is 9.87. The van der Waals surface area contributed by atoms with Gasteiger partial charge in [0.05, 0.1) is 11.3 Å². The van der Waals surface area contributed by atoms with E-state index in [4.69, 9.17) is 0 Å². The van der Waals surface area contributed by atoms with E-state index in [2.05, 4.69) is 27.4 Å². The van der Waals surface area contributed by atoms with E-state index in [-0.39, 0.29) is 23.5 Å². The Balaban J connectivity index is 1.50. The van der Waals surface area contributed by atoms with E-state index in [0.717, 1.165) is 18.8 Å². The van der Waals surface area contributed by atoms with Gasteiger partial charge in [0.1, 0.15) is 5.82 Å². The lowest BCUT2D eigenvalue weighted by Gasteiger charge is -2.26. The minimum Gasteiger partial charge on any atom is -0.353 e. The number of hydrogen-bond acceptors (Lipinski definition) is 4. The monoisotopic (exact) mass is 348 g/mol. The van der Waals surface area contributed by atoms with Crippen LogP contribution >= 0.6 is 11.8 Å². The second-order valence-electron chi connectivity index (χ2n) is 6.26. The number of amides is 1. The molecule has 1 amide bonds. The van der Waals surface area contributed by atoms with Crippen LogP contribution in [0.25, 0.3) is 11.4 Å². The maximum atomic E-state index is 13.7. The highest BCUT2D eigenvalue weighted by atomic mass is 32.2. The van der Waals surface area contributed by atoms with Crippen LogP contribution in [0.3, 0.4) is 0 Å². The number of benzene rings is 1. The molecule has 2 N–H and O–H groups in total. The molecule has 0 atom stereocenters. The van der Waals surface area contributed by atoms with Gasteiger partial charge < -0.3 is 5.32 Å². The Morgan fingerprint density at radius 1 is 1.33 bits per heavy atom. The minimum absolute atomic E-state index is 0.00297. The van der Waals surface area contributed by atoms with Crippen molar-refractivity contribution in [2.24, 2.45) is 5.92 Å². The SMILES string of the molecule is CC1CCC(NC(=O)CSc2n[nH]c(-c3ccccc3F)n2)CC1. The largest absolute Gasteiger partial charge is 0.353 e. The van der Waals surface area contributed by atoms with Crippen molar-refractivity contribution in [1.29, 1.82) is 0 Å². The summed E-state index contributed by atoms with van der Waals surface area (Å²) in [4.78, 5) is 16.3. The van der Waals surface area contributed by atoms with Gasteiger partial charge in [0.2, 0.25) is 11.1 Å². The average Bonchev–Trinajstić information content (AvgIpc) is 3.04. The number of aromatic amines is 1. The molecule has 0 spiro atoms. The summed E-state index contributed by atoms with van der Waals surface area (Å²) in [6.45, 7) is 2.25. The number of thioether (sulfide) groups is 1. The molecule has 1 heterocycles. The normalized spacial score (nSPS) is 20.8. The summed E-state index contributed by atoms with van der Waals surface area (Å²) in [6.07, 6.45) is 4.45. The Hall–Kier alpha value is -1.89. The van der Waals surface area contributed by atoms with Crippen molar-refractivity contribution in [2.45, 2.75) is 43.8 Å². The predicted molar refractivity (Wildman–Crippen MR) is 92.1 cm³/mol. The van der Waals surface area contributed by atoms with Crippen LogP contribution in [0, 0.1) is 11.7 Å². The summed E-state index contributed by atoms with van der Waals surface area (Å²) in [7, 11) is 0. The first-order valence-corrected chi connectivity index (χ1v) is 9.20. The molecule has 1 aliphatic carbocycles. The summed E-state index contributed by atoms with van der Waals surface area (Å²) in [5, 5.41) is 10.3. The predicted octanol–water partition coefficient (Wildman–Crippen LogP) is 3.40. The number of hydrogen-bond donors (Lipinski definition) is 2. The van der Waals surface area contributed by atoms with E-state index in [0.29, 0.717) is 16.5 Å². The van der Waals surface area contributed by atoms with Crippen molar-refractivity contribution in [3.63, 3.8) is 0 Å². The molecule has 0 radical (unpaired) electrons. The minimum atomic E-state index is -0.352. The van der Waals surface area contributed by atoms with Crippen LogP contribution in [-0.2, 0) is 4.79 Å². The van der Waals surface area contributed by atoms with Crippen LogP contribution in [0.1, 0.15) is 32.6 Å². The van der Waals surface area contributed by atoms with Crippen LogP contribution in [0.2, 0.25) is 0 Å². The maximum Gasteiger partial charge on any atom is 0.230 e. The zero-order chi connectivity index (χ0) is 16.9. The Bertz CT molecular complexity index is 697. The second-order valence-corrected chi connectivity index (χ2v) is 7.20. The zero-order valence-corrected chi connectivity index (χ0v) is 14.4. The van der Waals surface area contributed by atoms with Gasteiger partial charge in [0.25, 0.3) is 0 Å². The van der Waals surface area contributed by atoms with Gasteiger partial charge in [-0.3, -0.25) is 9.89 Å². The number of nitrogens with zero attached hydrogens (tertiary/aromatic N) is 2. The summed E-state index contributed by atoms with van der Waals surface area (Å²) >= 11 is 1.25. The quantitative estimate of drug-likeness (QED) is 0.813. The first-order valence-electron chi connectivity index (χ1n) is 8.21. The van der Waals surface area contributed by atoms with E-state index < -0.39 is 0 Å². The molecular formula is C17H21FN4OS. The topological polar surface area (TPSA) is 70.7 Å². The molecule has 1 fully saturated rings. The summed E-state index contributed by atoms with van der Waals surface area (Å²) < 4.78 is 13.7. The molecule has 1 aromatic carbocycles. The summed E-state index contributed by atoms with van der Waals surface area (Å²) in [5.41, 5.74) is 0.373. The third kappa shape index (κ3) is 4.35.